The van der Waals surface area contributed by atoms with Gasteiger partial charge in [-0.2, -0.15) is 0 Å². The summed E-state index contributed by atoms with van der Waals surface area (Å²) >= 11 is 0. The summed E-state index contributed by atoms with van der Waals surface area (Å²) in [5, 5.41) is 9.71. The molecular formula is C32H52O6. The zero-order chi connectivity index (χ0) is 28.0. The van der Waals surface area contributed by atoms with E-state index in [9.17, 15) is 19.5 Å². The number of carboxylic acid groups (broad SMARTS) is 1. The number of esters is 2. The average Bonchev–Trinajstić information content (AvgIpc) is 2.91. The second kappa shape index (κ2) is 21.6. The Morgan fingerprint density at radius 3 is 1.55 bits per heavy atom. The third kappa shape index (κ3) is 14.0. The number of carboxylic acids is 1. The third-order valence-corrected chi connectivity index (χ3v) is 6.90. The molecule has 0 amide bonds. The van der Waals surface area contributed by atoms with Gasteiger partial charge >= 0.3 is 17.9 Å². The maximum atomic E-state index is 13.2. The molecule has 0 saturated heterocycles. The number of ether oxygens (including phenoxy) is 2. The highest BCUT2D eigenvalue weighted by molar-refractivity contribution is 6.06. The van der Waals surface area contributed by atoms with Crippen molar-refractivity contribution in [3.8, 4) is 0 Å². The number of benzene rings is 1. The number of hydrogen-bond donors (Lipinski definition) is 1. The van der Waals surface area contributed by atoms with Crippen molar-refractivity contribution in [2.75, 3.05) is 13.2 Å². The minimum absolute atomic E-state index is 0.00560. The average molecular weight is 533 g/mol. The van der Waals surface area contributed by atoms with E-state index < -0.39 is 17.9 Å². The fourth-order valence-corrected chi connectivity index (χ4v) is 4.59. The monoisotopic (exact) mass is 532 g/mol. The van der Waals surface area contributed by atoms with Crippen molar-refractivity contribution in [1.82, 2.24) is 0 Å². The Balaban J connectivity index is 3.03. The fraction of sp³-hybridized carbons (Fsp3) is 0.719. The minimum Gasteiger partial charge on any atom is -0.478 e. The maximum absolute atomic E-state index is 13.2. The Bertz CT molecular complexity index is 816. The van der Waals surface area contributed by atoms with Gasteiger partial charge in [-0.3, -0.25) is 0 Å². The van der Waals surface area contributed by atoms with Crippen LogP contribution in [0.2, 0.25) is 0 Å². The first-order valence-corrected chi connectivity index (χ1v) is 15.2. The Hall–Kier alpha value is -2.37. The van der Waals surface area contributed by atoms with Gasteiger partial charge in [0.15, 0.2) is 0 Å². The van der Waals surface area contributed by atoms with Crippen LogP contribution in [0, 0.1) is 0 Å². The van der Waals surface area contributed by atoms with Crippen molar-refractivity contribution in [3.63, 3.8) is 0 Å². The Labute approximate surface area is 230 Å². The molecule has 0 aliphatic rings. The standard InChI is InChI=1S/C32H52O6/c1-4-7-10-13-14-15-18-21-26-24-27(30(33)34)25-28(31(35)37-22-19-16-11-8-5-2)29(26)32(36)38-23-20-17-12-9-6-3/h24-25H,4-23H2,1-3H3,(H,33,34). The molecule has 0 bridgehead atoms. The number of aryl methyl sites for hydroxylation is 1. The van der Waals surface area contributed by atoms with Crippen LogP contribution in [0.4, 0.5) is 0 Å². The molecule has 0 heterocycles. The van der Waals surface area contributed by atoms with Crippen LogP contribution in [-0.2, 0) is 15.9 Å². The van der Waals surface area contributed by atoms with Gasteiger partial charge in [0, 0.05) is 0 Å². The van der Waals surface area contributed by atoms with Crippen LogP contribution >= 0.6 is 0 Å². The highest BCUT2D eigenvalue weighted by Gasteiger charge is 2.26. The number of carbonyl (C=O) groups excluding carboxylic acids is 2. The van der Waals surface area contributed by atoms with E-state index in [2.05, 4.69) is 20.8 Å². The predicted octanol–water partition coefficient (Wildman–Crippen LogP) is 8.93. The summed E-state index contributed by atoms with van der Waals surface area (Å²) in [4.78, 5) is 38.2. The summed E-state index contributed by atoms with van der Waals surface area (Å²) in [5.74, 6) is -2.35. The molecule has 0 atom stereocenters. The molecule has 216 valence electrons. The summed E-state index contributed by atoms with van der Waals surface area (Å²) in [6.45, 7) is 7.02. The second-order valence-electron chi connectivity index (χ2n) is 10.3. The largest absolute Gasteiger partial charge is 0.478 e. The maximum Gasteiger partial charge on any atom is 0.339 e. The van der Waals surface area contributed by atoms with Gasteiger partial charge in [-0.15, -0.1) is 0 Å². The molecule has 0 saturated carbocycles. The van der Waals surface area contributed by atoms with Gasteiger partial charge in [-0.1, -0.05) is 111 Å². The van der Waals surface area contributed by atoms with Crippen LogP contribution in [0.15, 0.2) is 12.1 Å². The second-order valence-corrected chi connectivity index (χ2v) is 10.3. The zero-order valence-electron chi connectivity index (χ0n) is 24.3. The summed E-state index contributed by atoms with van der Waals surface area (Å²) in [6.07, 6.45) is 18.5. The smallest absolute Gasteiger partial charge is 0.339 e. The SMILES string of the molecule is CCCCCCCCCc1cc(C(=O)O)cc(C(=O)OCCCCCCC)c1C(=O)OCCCCCCC. The zero-order valence-corrected chi connectivity index (χ0v) is 24.3. The topological polar surface area (TPSA) is 89.9 Å². The van der Waals surface area contributed by atoms with Crippen LogP contribution in [0.5, 0.6) is 0 Å². The molecule has 1 N–H and O–H groups in total. The van der Waals surface area contributed by atoms with Crippen molar-refractivity contribution in [2.45, 2.75) is 136 Å². The van der Waals surface area contributed by atoms with E-state index in [0.717, 1.165) is 83.5 Å². The van der Waals surface area contributed by atoms with Crippen LogP contribution in [0.1, 0.15) is 167 Å². The number of carbonyl (C=O) groups is 3. The van der Waals surface area contributed by atoms with E-state index in [1.165, 1.54) is 37.8 Å². The van der Waals surface area contributed by atoms with Gasteiger partial charge in [0.2, 0.25) is 0 Å². The summed E-state index contributed by atoms with van der Waals surface area (Å²) in [7, 11) is 0. The lowest BCUT2D eigenvalue weighted by Gasteiger charge is -2.16. The van der Waals surface area contributed by atoms with Crippen LogP contribution < -0.4 is 0 Å². The lowest BCUT2D eigenvalue weighted by Crippen LogP contribution is -2.19. The van der Waals surface area contributed by atoms with Crippen LogP contribution in [0.3, 0.4) is 0 Å². The van der Waals surface area contributed by atoms with Crippen molar-refractivity contribution in [1.29, 1.82) is 0 Å². The molecule has 38 heavy (non-hydrogen) atoms. The van der Waals surface area contributed by atoms with Crippen LogP contribution in [0.25, 0.3) is 0 Å². The van der Waals surface area contributed by atoms with Gasteiger partial charge in [0.05, 0.1) is 29.9 Å². The van der Waals surface area contributed by atoms with E-state index in [1.807, 2.05) is 0 Å². The Morgan fingerprint density at radius 2 is 1.05 bits per heavy atom. The first-order chi connectivity index (χ1) is 18.5. The first kappa shape index (κ1) is 33.7. The molecule has 1 aromatic carbocycles. The minimum atomic E-state index is -1.13. The van der Waals surface area contributed by atoms with Crippen molar-refractivity contribution >= 4 is 17.9 Å². The number of hydrogen-bond acceptors (Lipinski definition) is 5. The molecule has 1 aromatic rings. The summed E-state index contributed by atoms with van der Waals surface area (Å²) < 4.78 is 11.1. The van der Waals surface area contributed by atoms with Gasteiger partial charge < -0.3 is 14.6 Å². The number of unbranched alkanes of at least 4 members (excludes halogenated alkanes) is 14. The number of rotatable bonds is 23. The van der Waals surface area contributed by atoms with Crippen LogP contribution in [-0.4, -0.2) is 36.2 Å². The summed E-state index contributed by atoms with van der Waals surface area (Å²) in [6, 6.07) is 2.80. The Kier molecular flexibility index (Phi) is 19.1. The van der Waals surface area contributed by atoms with E-state index in [-0.39, 0.29) is 29.9 Å². The first-order valence-electron chi connectivity index (χ1n) is 15.2. The predicted molar refractivity (Wildman–Crippen MR) is 153 cm³/mol. The quantitative estimate of drug-likeness (QED) is 0.112. The molecule has 0 radical (unpaired) electrons. The van der Waals surface area contributed by atoms with Gasteiger partial charge in [-0.25, -0.2) is 14.4 Å². The molecule has 0 aliphatic carbocycles. The van der Waals surface area contributed by atoms with Gasteiger partial charge in [0.1, 0.15) is 0 Å². The van der Waals surface area contributed by atoms with Crippen molar-refractivity contribution in [3.05, 3.63) is 34.4 Å². The normalized spacial score (nSPS) is 10.9. The molecule has 0 spiro atoms. The molecule has 0 unspecified atom stereocenters. The molecule has 0 fully saturated rings. The molecule has 6 nitrogen and oxygen atoms in total. The summed E-state index contributed by atoms with van der Waals surface area (Å²) in [5.41, 5.74) is 0.733. The molecule has 0 aromatic heterocycles. The lowest BCUT2D eigenvalue weighted by atomic mass is 9.93. The molecule has 0 aliphatic heterocycles. The highest BCUT2D eigenvalue weighted by Crippen LogP contribution is 2.24. The highest BCUT2D eigenvalue weighted by atomic mass is 16.5. The lowest BCUT2D eigenvalue weighted by molar-refractivity contribution is 0.0448. The fourth-order valence-electron chi connectivity index (χ4n) is 4.59. The van der Waals surface area contributed by atoms with E-state index in [1.54, 1.807) is 0 Å². The molecule has 6 heteroatoms. The van der Waals surface area contributed by atoms with Gasteiger partial charge in [0.25, 0.3) is 0 Å². The van der Waals surface area contributed by atoms with Crippen molar-refractivity contribution < 1.29 is 29.0 Å². The van der Waals surface area contributed by atoms with E-state index >= 15 is 0 Å². The van der Waals surface area contributed by atoms with Crippen molar-refractivity contribution in [2.24, 2.45) is 0 Å². The molecule has 1 rings (SSSR count). The Morgan fingerprint density at radius 1 is 0.605 bits per heavy atom. The third-order valence-electron chi connectivity index (χ3n) is 6.90. The molecular weight excluding hydrogens is 480 g/mol. The van der Waals surface area contributed by atoms with E-state index in [0.29, 0.717) is 12.0 Å². The number of aromatic carboxylic acids is 1. The van der Waals surface area contributed by atoms with Gasteiger partial charge in [-0.05, 0) is 43.4 Å². The van der Waals surface area contributed by atoms with E-state index in [4.69, 9.17) is 9.47 Å².